The molecule has 0 fully saturated rings. The van der Waals surface area contributed by atoms with Gasteiger partial charge in [0.2, 0.25) is 17.4 Å². The van der Waals surface area contributed by atoms with Crippen molar-refractivity contribution in [3.8, 4) is 11.8 Å². The van der Waals surface area contributed by atoms with Crippen LogP contribution in [0.4, 0.5) is 5.69 Å². The van der Waals surface area contributed by atoms with Crippen molar-refractivity contribution in [3.63, 3.8) is 0 Å². The van der Waals surface area contributed by atoms with Gasteiger partial charge in [0.1, 0.15) is 6.54 Å². The molecule has 37 heavy (non-hydrogen) atoms. The summed E-state index contributed by atoms with van der Waals surface area (Å²) in [7, 11) is -4.07. The Labute approximate surface area is 218 Å². The van der Waals surface area contributed by atoms with E-state index in [4.69, 9.17) is 14.6 Å². The van der Waals surface area contributed by atoms with E-state index in [1.54, 1.807) is 6.07 Å². The Hall–Kier alpha value is -2.62. The molecule has 0 aliphatic carbocycles. The van der Waals surface area contributed by atoms with E-state index in [0.29, 0.717) is 22.6 Å². The van der Waals surface area contributed by atoms with Gasteiger partial charge in [0.25, 0.3) is 10.1 Å². The van der Waals surface area contributed by atoms with Gasteiger partial charge in [0.15, 0.2) is 5.71 Å². The van der Waals surface area contributed by atoms with Gasteiger partial charge in [-0.25, -0.2) is 10.1 Å². The number of nitrogens with zero attached hydrogens (tertiary/aromatic N) is 2. The molecular formula is C23H31N2O10S2+. The maximum atomic E-state index is 12.1. The van der Waals surface area contributed by atoms with Gasteiger partial charge >= 0.3 is 5.97 Å². The van der Waals surface area contributed by atoms with E-state index in [2.05, 4.69) is 16.3 Å². The molecular weight excluding hydrogens is 528 g/mol. The highest BCUT2D eigenvalue weighted by atomic mass is 32.2. The Kier molecular flexibility index (Phi) is 9.61. The van der Waals surface area contributed by atoms with Crippen molar-refractivity contribution >= 4 is 39.5 Å². The van der Waals surface area contributed by atoms with E-state index in [-0.39, 0.29) is 30.4 Å². The second-order valence-corrected chi connectivity index (χ2v) is 11.3. The molecule has 0 bridgehead atoms. The largest absolute Gasteiger partial charge is 0.492 e. The third kappa shape index (κ3) is 7.24. The smallest absolute Gasteiger partial charge is 0.333 e. The van der Waals surface area contributed by atoms with Gasteiger partial charge in [-0.3, -0.25) is 4.55 Å². The van der Waals surface area contributed by atoms with Crippen LogP contribution in [0.2, 0.25) is 0 Å². The van der Waals surface area contributed by atoms with Crippen LogP contribution in [0.15, 0.2) is 35.2 Å². The van der Waals surface area contributed by atoms with Crippen molar-refractivity contribution in [2.45, 2.75) is 62.7 Å². The number of fused-ring (bicyclic) bond motifs is 1. The first-order chi connectivity index (χ1) is 17.5. The lowest BCUT2D eigenvalue weighted by molar-refractivity contribution is -0.438. The first-order valence-electron chi connectivity index (χ1n) is 11.6. The SMILES string of the molecule is CC1=[N+](CCCS(=O)(=O)O)c2ccc(SOOO)cc2C1(C)CCCCCC(=O)On1c(O)ccc1O. The number of rotatable bonds is 14. The van der Waals surface area contributed by atoms with Gasteiger partial charge in [0.05, 0.1) is 23.2 Å². The zero-order valence-electron chi connectivity index (χ0n) is 20.5. The highest BCUT2D eigenvalue weighted by Gasteiger charge is 2.46. The minimum absolute atomic E-state index is 0.105. The molecule has 4 N–H and O–H groups in total. The van der Waals surface area contributed by atoms with Gasteiger partial charge in [-0.05, 0) is 31.9 Å². The molecule has 1 aromatic heterocycles. The molecule has 1 atom stereocenters. The van der Waals surface area contributed by atoms with E-state index in [1.807, 2.05) is 23.6 Å². The average Bonchev–Trinajstić information content (AvgIpc) is 3.25. The van der Waals surface area contributed by atoms with Crippen LogP contribution >= 0.6 is 12.0 Å². The maximum Gasteiger partial charge on any atom is 0.333 e. The molecule has 3 rings (SSSR count). The molecule has 12 nitrogen and oxygen atoms in total. The summed E-state index contributed by atoms with van der Waals surface area (Å²) in [5.74, 6) is -1.68. The second-order valence-electron chi connectivity index (χ2n) is 8.98. The summed E-state index contributed by atoms with van der Waals surface area (Å²) in [4.78, 5) is 17.7. The Morgan fingerprint density at radius 2 is 1.81 bits per heavy atom. The number of unbranched alkanes of at least 4 members (excludes halogenated alkanes) is 2. The van der Waals surface area contributed by atoms with Crippen LogP contribution in [0.25, 0.3) is 0 Å². The standard InChI is InChI=1S/C23H30N2O10S2/c1-16-23(2,12-5-3-4-7-22(28)33-25-20(26)10-11-21(25)27)18-15-17(36-35-34-29)8-9-19(18)24(16)13-6-14-37(30,31)32/h8-11,15H,3-7,12-14H2,1-2H3,(H3-,26,27,29,30,31,32)/p+1. The number of carbonyl (C=O) groups excluding carboxylic acids is 1. The van der Waals surface area contributed by atoms with Crippen LogP contribution in [-0.4, -0.2) is 61.7 Å². The first-order valence-corrected chi connectivity index (χ1v) is 14.0. The van der Waals surface area contributed by atoms with Gasteiger partial charge in [-0.15, -0.1) is 9.06 Å². The zero-order valence-corrected chi connectivity index (χ0v) is 22.1. The summed E-state index contributed by atoms with van der Waals surface area (Å²) in [5.41, 5.74) is 2.55. The second kappa shape index (κ2) is 12.3. The highest BCUT2D eigenvalue weighted by Crippen LogP contribution is 2.44. The number of aromatic hydroxyl groups is 2. The van der Waals surface area contributed by atoms with Crippen molar-refractivity contribution in [3.05, 3.63) is 35.9 Å². The number of aromatic nitrogens is 1. The fourth-order valence-corrected chi connectivity index (χ4v) is 5.44. The molecule has 1 unspecified atom stereocenters. The van der Waals surface area contributed by atoms with Crippen molar-refractivity contribution in [2.75, 3.05) is 12.3 Å². The van der Waals surface area contributed by atoms with Crippen LogP contribution in [0.3, 0.4) is 0 Å². The van der Waals surface area contributed by atoms with Crippen molar-refractivity contribution in [1.82, 2.24) is 4.73 Å². The lowest BCUT2D eigenvalue weighted by Crippen LogP contribution is -2.30. The first kappa shape index (κ1) is 28.9. The molecule has 0 saturated heterocycles. The normalized spacial score (nSPS) is 17.3. The Balaban J connectivity index is 1.66. The molecule has 0 saturated carbocycles. The van der Waals surface area contributed by atoms with Gasteiger partial charge < -0.3 is 15.1 Å². The predicted molar refractivity (Wildman–Crippen MR) is 133 cm³/mol. The predicted octanol–water partition coefficient (Wildman–Crippen LogP) is 3.59. The monoisotopic (exact) mass is 559 g/mol. The quantitative estimate of drug-likeness (QED) is 0.0667. The summed E-state index contributed by atoms with van der Waals surface area (Å²) in [5, 5.41) is 31.3. The minimum atomic E-state index is -4.07. The fourth-order valence-electron chi connectivity index (χ4n) is 4.55. The average molecular weight is 560 g/mol. The molecule has 0 amide bonds. The lowest BCUT2D eigenvalue weighted by Gasteiger charge is -2.22. The van der Waals surface area contributed by atoms with E-state index in [0.717, 1.165) is 48.3 Å². The number of benzene rings is 1. The molecule has 14 heteroatoms. The topological polar surface area (TPSA) is 168 Å². The molecule has 2 heterocycles. The summed E-state index contributed by atoms with van der Waals surface area (Å²) in [6.07, 6.45) is 3.12. The molecule has 2 aromatic rings. The van der Waals surface area contributed by atoms with E-state index >= 15 is 0 Å². The third-order valence-corrected chi connectivity index (χ3v) is 7.93. The zero-order chi connectivity index (χ0) is 27.2. The lowest BCUT2D eigenvalue weighted by atomic mass is 9.76. The Morgan fingerprint density at radius 3 is 2.46 bits per heavy atom. The summed E-state index contributed by atoms with van der Waals surface area (Å²) >= 11 is 0.848. The van der Waals surface area contributed by atoms with Crippen LogP contribution < -0.4 is 4.84 Å². The molecule has 204 valence electrons. The van der Waals surface area contributed by atoms with E-state index < -0.39 is 21.5 Å². The van der Waals surface area contributed by atoms with Gasteiger partial charge in [-0.2, -0.15) is 13.0 Å². The van der Waals surface area contributed by atoms with E-state index in [9.17, 15) is 23.4 Å². The molecule has 0 spiro atoms. The van der Waals surface area contributed by atoms with Crippen LogP contribution in [0, 0.1) is 0 Å². The number of hydrogen-bond acceptors (Lipinski definition) is 10. The summed E-state index contributed by atoms with van der Waals surface area (Å²) in [6.45, 7) is 4.48. The Morgan fingerprint density at radius 1 is 1.11 bits per heavy atom. The van der Waals surface area contributed by atoms with Gasteiger partial charge in [0, 0.05) is 48.4 Å². The van der Waals surface area contributed by atoms with Crippen LogP contribution in [-0.2, 0) is 29.7 Å². The fraction of sp³-hybridized carbons (Fsp3) is 0.478. The number of hydrogen-bond donors (Lipinski definition) is 4. The van der Waals surface area contributed by atoms with E-state index in [1.165, 1.54) is 12.1 Å². The number of carbonyl (C=O) groups is 1. The maximum absolute atomic E-state index is 12.1. The van der Waals surface area contributed by atoms with Crippen LogP contribution in [0.5, 0.6) is 11.8 Å². The van der Waals surface area contributed by atoms with Crippen LogP contribution in [0.1, 0.15) is 57.9 Å². The minimum Gasteiger partial charge on any atom is -0.492 e. The Bertz CT molecular complexity index is 1240. The molecule has 1 aliphatic rings. The highest BCUT2D eigenvalue weighted by molar-refractivity contribution is 7.94. The molecule has 0 radical (unpaired) electrons. The van der Waals surface area contributed by atoms with Gasteiger partial charge in [-0.1, -0.05) is 17.9 Å². The third-order valence-electron chi connectivity index (χ3n) is 6.55. The van der Waals surface area contributed by atoms with Crippen molar-refractivity contribution < 1.29 is 52.0 Å². The molecule has 1 aliphatic heterocycles. The molecule has 1 aromatic carbocycles. The summed E-state index contributed by atoms with van der Waals surface area (Å²) < 4.78 is 38.8. The van der Waals surface area contributed by atoms with Crippen molar-refractivity contribution in [1.29, 1.82) is 0 Å². The summed E-state index contributed by atoms with van der Waals surface area (Å²) in [6, 6.07) is 8.03. The van der Waals surface area contributed by atoms with Crippen molar-refractivity contribution in [2.24, 2.45) is 0 Å².